The summed E-state index contributed by atoms with van der Waals surface area (Å²) in [6.07, 6.45) is 13.5. The minimum atomic E-state index is -2.14. The van der Waals surface area contributed by atoms with E-state index in [9.17, 15) is 18.5 Å². The van der Waals surface area contributed by atoms with E-state index in [0.717, 1.165) is 143 Å². The molecule has 9 heterocycles. The van der Waals surface area contributed by atoms with E-state index in [1.165, 1.54) is 63.0 Å². The Morgan fingerprint density at radius 2 is 0.944 bits per heavy atom. The molecule has 0 unspecified atom stereocenters. The van der Waals surface area contributed by atoms with Gasteiger partial charge in [-0.2, -0.15) is 9.97 Å². The fourth-order valence-electron chi connectivity index (χ4n) is 16.8. The first-order valence-electron chi connectivity index (χ1n) is 42.5. The number of nitrogens with one attached hydrogen (secondary N) is 6. The molecule has 0 spiro atoms. The van der Waals surface area contributed by atoms with Gasteiger partial charge in [-0.15, -0.1) is 0 Å². The van der Waals surface area contributed by atoms with Gasteiger partial charge in [-0.25, -0.2) is 19.3 Å². The van der Waals surface area contributed by atoms with Crippen LogP contribution in [0.5, 0.6) is 28.7 Å². The van der Waals surface area contributed by atoms with Crippen molar-refractivity contribution >= 4 is 134 Å². The lowest BCUT2D eigenvalue weighted by atomic mass is 10.0. The van der Waals surface area contributed by atoms with Crippen LogP contribution in [0.15, 0.2) is 140 Å². The number of ether oxygens (including phenoxy) is 5. The molecule has 6 aromatic carbocycles. The van der Waals surface area contributed by atoms with Gasteiger partial charge in [-0.3, -0.25) is 24.3 Å². The average molecular weight is 1750 g/mol. The summed E-state index contributed by atoms with van der Waals surface area (Å²) in [4.78, 5) is 69.5. The first kappa shape index (κ1) is 89.3. The number of hydrogen-bond acceptors (Lipinski definition) is 27. The molecule has 6 fully saturated rings. The van der Waals surface area contributed by atoms with Crippen LogP contribution in [0.4, 0.5) is 90.6 Å². The summed E-state index contributed by atoms with van der Waals surface area (Å²) in [5.41, 5.74) is 15.6. The number of allylic oxidation sites excluding steroid dienone is 1. The van der Waals surface area contributed by atoms with Crippen molar-refractivity contribution in [3.05, 3.63) is 178 Å². The zero-order valence-corrected chi connectivity index (χ0v) is 74.9. The van der Waals surface area contributed by atoms with Gasteiger partial charge in [0.2, 0.25) is 11.9 Å². The molecule has 3 aromatic heterocycles. The number of nitrogens with two attached hydrogens (primary N) is 1. The first-order chi connectivity index (χ1) is 60.0. The van der Waals surface area contributed by atoms with E-state index < -0.39 is 18.9 Å². The molecule has 0 bridgehead atoms. The fraction of sp³-hybridized carbons (Fsp3) is 0.418. The molecule has 0 radical (unpaired) electrons. The highest BCUT2D eigenvalue weighted by molar-refractivity contribution is 7.63. The standard InChI is InChI=1S/C34H46ClN8O4P.C29H33FN6O2.C28H36ClN7O2/c1-40-13-15-42(16-14-40)25-9-11-41(12-10-25)26-6-8-29(31(22-26)47-3)38-34-36-23-27(35)32(39-34)37-28-7-5-24(21-30(28)46-2)33(44)43-17-19-48(4,45)20-18-43;1-18(2)35-12-14-36(15-13-35)19-10-11-23(26(16-19)38-3)34-27-17-25(20-6-4-8-22(20)33-27)32-24-9-5-7-21(30)28(24)29(31)37;1-34-14-16-36(17-15-34)20-10-12-35(13-11-20)21-8-9-24(26(18-21)38-3)32-28-30-19-22(29)27(33-28)31-23-6-4-5-7-25(23)37-2/h5-8,21-23,25H,9-20H2,1-4H3,(H2,36,37,38,39);4-7,9-11,16-18H,8,12-15H2,1-3H3,(H2,31,37)(H2,32,33,34);4-9,18-20H,10-17H2,1-3H3,(H2,30,31,32,33). The van der Waals surface area contributed by atoms with Gasteiger partial charge in [0.05, 0.1) is 106 Å². The van der Waals surface area contributed by atoms with Gasteiger partial charge in [0.1, 0.15) is 50.4 Å². The average Bonchev–Trinajstić information content (AvgIpc) is 1.45. The Bertz CT molecular complexity index is 5280. The van der Waals surface area contributed by atoms with Crippen molar-refractivity contribution in [3.63, 3.8) is 0 Å². The molecule has 0 atom stereocenters. The normalized spacial score (nSPS) is 17.3. The van der Waals surface area contributed by atoms with Gasteiger partial charge < -0.3 is 95.3 Å². The van der Waals surface area contributed by atoms with Crippen LogP contribution < -0.4 is 76.0 Å². The zero-order valence-electron chi connectivity index (χ0n) is 72.5. The minimum Gasteiger partial charge on any atom is -0.495 e. The highest BCUT2D eigenvalue weighted by Crippen LogP contribution is 2.45. The summed E-state index contributed by atoms with van der Waals surface area (Å²) in [7, 11) is 10.4. The van der Waals surface area contributed by atoms with Crippen LogP contribution in [0.3, 0.4) is 0 Å². The lowest BCUT2D eigenvalue weighted by Crippen LogP contribution is -2.52. The summed E-state index contributed by atoms with van der Waals surface area (Å²) >= 11 is 12.9. The van der Waals surface area contributed by atoms with Crippen molar-refractivity contribution < 1.29 is 42.2 Å². The van der Waals surface area contributed by atoms with Gasteiger partial charge in [-0.05, 0) is 139 Å². The number of carbonyl (C=O) groups is 2. The predicted octanol–water partition coefficient (Wildman–Crippen LogP) is 15.1. The van der Waals surface area contributed by atoms with E-state index in [4.69, 9.17) is 57.6 Å². The summed E-state index contributed by atoms with van der Waals surface area (Å²) in [5, 5.41) is 20.3. The third-order valence-electron chi connectivity index (χ3n) is 24.3. The van der Waals surface area contributed by atoms with Crippen molar-refractivity contribution in [1.82, 2.24) is 54.3 Å². The molecule has 16 rings (SSSR count). The molecule has 6 saturated heterocycles. The Balaban J connectivity index is 0.000000153. The highest BCUT2D eigenvalue weighted by atomic mass is 35.5. The van der Waals surface area contributed by atoms with Gasteiger partial charge >= 0.3 is 0 Å². The number of pyridine rings is 1. The SMILES string of the molecule is COc1cc(N2CCC(N3CCN(C)CC3)CC2)ccc1Nc1ncc(Cl)c(Nc2ccc(C(=O)N3CCP(C)(=O)CC3)cc2OC)n1.COc1cc(N2CCC(N3CCN(C)CC3)CC2)ccc1Nc1ncc(Cl)c(Nc2ccccc2OC)n1.COc1cc(N2CCN(C(C)C)CC2)ccc1Nc1cc(Nc2cccc(F)c2C(N)=O)c2c(n1)CC=C2. The number of amides is 2. The summed E-state index contributed by atoms with van der Waals surface area (Å²) in [6, 6.07) is 39.4. The second-order valence-electron chi connectivity index (χ2n) is 32.6. The molecule has 8 N–H and O–H groups in total. The van der Waals surface area contributed by atoms with E-state index in [-0.39, 0.29) is 11.5 Å². The molecule has 0 saturated carbocycles. The predicted molar refractivity (Wildman–Crippen MR) is 497 cm³/mol. The number of nitrogens with zero attached hydrogens (tertiary/aromatic N) is 14. The maximum atomic E-state index is 14.4. The largest absolute Gasteiger partial charge is 0.495 e. The van der Waals surface area contributed by atoms with Gasteiger partial charge in [0.25, 0.3) is 11.8 Å². The van der Waals surface area contributed by atoms with Gasteiger partial charge in [0.15, 0.2) is 11.6 Å². The van der Waals surface area contributed by atoms with E-state index in [1.807, 2.05) is 73.4 Å². The third kappa shape index (κ3) is 22.2. The Morgan fingerprint density at radius 3 is 1.44 bits per heavy atom. The molecule has 1 aliphatic carbocycles. The van der Waals surface area contributed by atoms with Crippen molar-refractivity contribution in [1.29, 1.82) is 0 Å². The molecule has 124 heavy (non-hydrogen) atoms. The lowest BCUT2D eigenvalue weighted by Gasteiger charge is -2.42. The molecular weight excluding hydrogens is 1640 g/mol. The van der Waals surface area contributed by atoms with Crippen LogP contribution in [0.1, 0.15) is 71.5 Å². The van der Waals surface area contributed by atoms with Crippen molar-refractivity contribution in [2.45, 2.75) is 64.1 Å². The maximum Gasteiger partial charge on any atom is 0.254 e. The monoisotopic (exact) mass is 1750 g/mol. The molecule has 658 valence electrons. The van der Waals surface area contributed by atoms with Crippen LogP contribution in [0, 0.1) is 5.82 Å². The number of piperidine rings is 2. The van der Waals surface area contributed by atoms with Crippen LogP contribution in [-0.2, 0) is 11.0 Å². The van der Waals surface area contributed by atoms with Crippen LogP contribution in [-0.4, -0.2) is 271 Å². The van der Waals surface area contributed by atoms with Crippen molar-refractivity contribution in [2.24, 2.45) is 5.73 Å². The zero-order chi connectivity index (χ0) is 87.1. The van der Waals surface area contributed by atoms with Crippen LogP contribution in [0.25, 0.3) is 6.08 Å². The lowest BCUT2D eigenvalue weighted by molar-refractivity contribution is 0.0769. The quantitative estimate of drug-likeness (QED) is 0.0262. The Kier molecular flexibility index (Phi) is 29.7. The van der Waals surface area contributed by atoms with Gasteiger partial charge in [-0.1, -0.05) is 53.6 Å². The number of rotatable bonds is 25. The molecule has 2 amide bonds. The number of fused-ring (bicyclic) bond motifs is 1. The van der Waals surface area contributed by atoms with Gasteiger partial charge in [0, 0.05) is 207 Å². The molecule has 7 aliphatic rings. The number of benzene rings is 6. The second kappa shape index (κ2) is 41.2. The Labute approximate surface area is 736 Å². The second-order valence-corrected chi connectivity index (χ2v) is 36.9. The number of carbonyl (C=O) groups excluding carboxylic acids is 2. The first-order valence-corrected chi connectivity index (χ1v) is 45.8. The van der Waals surface area contributed by atoms with E-state index in [0.29, 0.717) is 135 Å². The van der Waals surface area contributed by atoms with Crippen molar-refractivity contribution in [2.75, 3.05) is 233 Å². The third-order valence-corrected chi connectivity index (χ3v) is 27.1. The van der Waals surface area contributed by atoms with Crippen LogP contribution in [0.2, 0.25) is 10.0 Å². The minimum absolute atomic E-state index is 0.110. The van der Waals surface area contributed by atoms with E-state index in [1.54, 1.807) is 70.9 Å². The number of methoxy groups -OCH3 is 5. The highest BCUT2D eigenvalue weighted by Gasteiger charge is 2.33. The summed E-state index contributed by atoms with van der Waals surface area (Å²) < 4.78 is 55.0. The molecule has 9 aromatic rings. The number of para-hydroxylation sites is 2. The number of halogens is 3. The fourth-order valence-corrected chi connectivity index (χ4v) is 18.7. The molecule has 29 nitrogen and oxygen atoms in total. The smallest absolute Gasteiger partial charge is 0.254 e. The van der Waals surface area contributed by atoms with E-state index >= 15 is 0 Å². The summed E-state index contributed by atoms with van der Waals surface area (Å²) in [5.74, 6) is 3.89. The van der Waals surface area contributed by atoms with E-state index in [2.05, 4.69) is 149 Å². The Morgan fingerprint density at radius 1 is 0.492 bits per heavy atom. The Hall–Kier alpha value is -11.0. The summed E-state index contributed by atoms with van der Waals surface area (Å²) in [6.45, 7) is 24.7. The number of piperazine rings is 3. The molecule has 33 heteroatoms. The maximum absolute atomic E-state index is 14.4. The molecular formula is C91H115Cl2FN21O8P. The number of hydrogen-bond donors (Lipinski definition) is 7. The topological polar surface area (TPSA) is 289 Å². The van der Waals surface area contributed by atoms with Crippen LogP contribution >= 0.6 is 30.3 Å². The number of aromatic nitrogens is 5. The number of anilines is 15. The molecule has 6 aliphatic heterocycles. The number of likely N-dealkylation sites (N-methyl/N-ethyl adjacent to an activating group) is 2. The van der Waals surface area contributed by atoms with Crippen molar-refractivity contribution in [3.8, 4) is 28.7 Å². The number of primary amides is 1.